The molecule has 0 saturated heterocycles. The van der Waals surface area contributed by atoms with Crippen LogP contribution in [0.25, 0.3) is 12.2 Å². The molecular weight excluding hydrogens is 322 g/mol. The molecule has 0 aliphatic rings. The van der Waals surface area contributed by atoms with Crippen LogP contribution in [-0.2, 0) is 12.8 Å². The first kappa shape index (κ1) is 21.2. The Kier molecular flexibility index (Phi) is 10.2. The van der Waals surface area contributed by atoms with E-state index in [1.807, 2.05) is 68.5 Å². The number of benzene rings is 2. The van der Waals surface area contributed by atoms with E-state index < -0.39 is 0 Å². The SMILES string of the molecule is CC.CCc1cccc(O)c1.CCc1coc(C=Cc2ccccc2)n1. The Hall–Kier alpha value is -2.81. The van der Waals surface area contributed by atoms with Crippen LogP contribution >= 0.6 is 0 Å². The molecule has 26 heavy (non-hydrogen) atoms. The number of phenolic OH excluding ortho intramolecular Hbond substituents is 1. The Labute approximate surface area is 157 Å². The summed E-state index contributed by atoms with van der Waals surface area (Å²) in [4.78, 5) is 4.29. The Balaban J connectivity index is 0.000000263. The van der Waals surface area contributed by atoms with Gasteiger partial charge in [0.25, 0.3) is 0 Å². The van der Waals surface area contributed by atoms with Crippen molar-refractivity contribution in [1.29, 1.82) is 0 Å². The standard InChI is InChI=1S/C13H13NO.C8H10O.C2H6/c1-2-12-10-15-13(14-12)9-8-11-6-4-3-5-7-11;1-2-7-4-3-5-8(9)6-7;1-2/h3-10H,2H2,1H3;3-6,9H,2H2,1H3;1-2H3. The highest BCUT2D eigenvalue weighted by Gasteiger charge is 1.97. The van der Waals surface area contributed by atoms with Gasteiger partial charge in [-0.2, -0.15) is 0 Å². The summed E-state index contributed by atoms with van der Waals surface area (Å²) in [5.41, 5.74) is 3.31. The summed E-state index contributed by atoms with van der Waals surface area (Å²) in [5.74, 6) is 1.02. The fourth-order valence-corrected chi connectivity index (χ4v) is 2.07. The third kappa shape index (κ3) is 7.84. The molecule has 3 heteroatoms. The van der Waals surface area contributed by atoms with Crippen LogP contribution in [0.1, 0.15) is 50.4 Å². The van der Waals surface area contributed by atoms with E-state index in [-0.39, 0.29) is 0 Å². The summed E-state index contributed by atoms with van der Waals surface area (Å²) in [7, 11) is 0. The zero-order chi connectivity index (χ0) is 19.2. The molecule has 0 fully saturated rings. The molecule has 0 spiro atoms. The average molecular weight is 351 g/mol. The molecule has 3 nitrogen and oxygen atoms in total. The molecule has 0 aliphatic heterocycles. The second-order valence-corrected chi connectivity index (χ2v) is 5.30. The third-order valence-corrected chi connectivity index (χ3v) is 3.47. The molecule has 2 aromatic carbocycles. The number of aromatic hydroxyl groups is 1. The van der Waals surface area contributed by atoms with Gasteiger partial charge in [-0.3, -0.25) is 0 Å². The number of rotatable bonds is 4. The lowest BCUT2D eigenvalue weighted by Gasteiger charge is -1.94. The predicted octanol–water partition coefficient (Wildman–Crippen LogP) is 6.39. The van der Waals surface area contributed by atoms with Gasteiger partial charge in [-0.1, -0.05) is 70.2 Å². The van der Waals surface area contributed by atoms with Gasteiger partial charge in [0, 0.05) is 6.08 Å². The summed E-state index contributed by atoms with van der Waals surface area (Å²) < 4.78 is 5.28. The van der Waals surface area contributed by atoms with Crippen molar-refractivity contribution in [3.8, 4) is 5.75 Å². The molecule has 0 amide bonds. The molecule has 0 saturated carbocycles. The van der Waals surface area contributed by atoms with E-state index in [2.05, 4.69) is 18.8 Å². The summed E-state index contributed by atoms with van der Waals surface area (Å²) >= 11 is 0. The van der Waals surface area contributed by atoms with Crippen LogP contribution in [0, 0.1) is 0 Å². The van der Waals surface area contributed by atoms with Crippen molar-refractivity contribution in [2.45, 2.75) is 40.5 Å². The lowest BCUT2D eigenvalue weighted by atomic mass is 10.2. The highest BCUT2D eigenvalue weighted by molar-refractivity contribution is 5.65. The molecule has 0 unspecified atom stereocenters. The van der Waals surface area contributed by atoms with Crippen LogP contribution in [0.15, 0.2) is 65.3 Å². The molecule has 3 rings (SSSR count). The van der Waals surface area contributed by atoms with Crippen LogP contribution in [0.4, 0.5) is 0 Å². The second kappa shape index (κ2) is 12.5. The summed E-state index contributed by atoms with van der Waals surface area (Å²) in [5, 5.41) is 8.94. The van der Waals surface area contributed by atoms with Crippen LogP contribution in [-0.4, -0.2) is 10.1 Å². The number of nitrogens with zero attached hydrogens (tertiary/aromatic N) is 1. The first-order valence-electron chi connectivity index (χ1n) is 9.16. The van der Waals surface area contributed by atoms with Crippen molar-refractivity contribution in [2.75, 3.05) is 0 Å². The molecule has 1 heterocycles. The molecule has 138 valence electrons. The van der Waals surface area contributed by atoms with Gasteiger partial charge in [-0.05, 0) is 42.2 Å². The highest BCUT2D eigenvalue weighted by atomic mass is 16.3. The summed E-state index contributed by atoms with van der Waals surface area (Å²) in [6, 6.07) is 17.4. The zero-order valence-corrected chi connectivity index (χ0v) is 16.1. The first-order valence-corrected chi connectivity index (χ1v) is 9.16. The van der Waals surface area contributed by atoms with Gasteiger partial charge in [-0.25, -0.2) is 4.98 Å². The van der Waals surface area contributed by atoms with Crippen molar-refractivity contribution in [3.63, 3.8) is 0 Å². The van der Waals surface area contributed by atoms with Crippen LogP contribution in [0.2, 0.25) is 0 Å². The Morgan fingerprint density at radius 2 is 1.65 bits per heavy atom. The van der Waals surface area contributed by atoms with E-state index in [0.29, 0.717) is 11.6 Å². The maximum Gasteiger partial charge on any atom is 0.218 e. The molecule has 1 N–H and O–H groups in total. The van der Waals surface area contributed by atoms with E-state index in [4.69, 9.17) is 9.52 Å². The minimum Gasteiger partial charge on any atom is -0.508 e. The van der Waals surface area contributed by atoms with Gasteiger partial charge in [0.1, 0.15) is 12.0 Å². The minimum atomic E-state index is 0.356. The van der Waals surface area contributed by atoms with Crippen molar-refractivity contribution in [1.82, 2.24) is 4.98 Å². The van der Waals surface area contributed by atoms with E-state index in [1.54, 1.807) is 18.4 Å². The van der Waals surface area contributed by atoms with Gasteiger partial charge in [0.15, 0.2) is 0 Å². The molecule has 0 aliphatic carbocycles. The lowest BCUT2D eigenvalue weighted by Crippen LogP contribution is -1.78. The molecule has 0 radical (unpaired) electrons. The Morgan fingerprint density at radius 3 is 2.19 bits per heavy atom. The normalized spacial score (nSPS) is 9.85. The lowest BCUT2D eigenvalue weighted by molar-refractivity contribution is 0.474. The van der Waals surface area contributed by atoms with Gasteiger partial charge in [-0.15, -0.1) is 0 Å². The van der Waals surface area contributed by atoms with Crippen LogP contribution in [0.3, 0.4) is 0 Å². The summed E-state index contributed by atoms with van der Waals surface area (Å²) in [6.07, 6.45) is 7.46. The van der Waals surface area contributed by atoms with Crippen LogP contribution < -0.4 is 0 Å². The number of aryl methyl sites for hydroxylation is 2. The van der Waals surface area contributed by atoms with Gasteiger partial charge in [0.05, 0.1) is 5.69 Å². The molecular formula is C23H29NO2. The number of oxazole rings is 1. The smallest absolute Gasteiger partial charge is 0.218 e. The van der Waals surface area contributed by atoms with E-state index in [0.717, 1.165) is 24.1 Å². The second-order valence-electron chi connectivity index (χ2n) is 5.30. The topological polar surface area (TPSA) is 46.3 Å². The zero-order valence-electron chi connectivity index (χ0n) is 16.1. The Bertz CT molecular complexity index is 761. The van der Waals surface area contributed by atoms with Crippen molar-refractivity contribution in [3.05, 3.63) is 83.6 Å². The van der Waals surface area contributed by atoms with E-state index >= 15 is 0 Å². The monoisotopic (exact) mass is 351 g/mol. The van der Waals surface area contributed by atoms with E-state index in [9.17, 15) is 0 Å². The largest absolute Gasteiger partial charge is 0.508 e. The van der Waals surface area contributed by atoms with Crippen molar-refractivity contribution >= 4 is 12.2 Å². The molecule has 3 aromatic rings. The van der Waals surface area contributed by atoms with E-state index in [1.165, 1.54) is 5.56 Å². The fraction of sp³-hybridized carbons (Fsp3) is 0.261. The first-order chi connectivity index (χ1) is 12.7. The predicted molar refractivity (Wildman–Crippen MR) is 110 cm³/mol. The quantitative estimate of drug-likeness (QED) is 0.592. The Morgan fingerprint density at radius 1 is 0.923 bits per heavy atom. The third-order valence-electron chi connectivity index (χ3n) is 3.47. The highest BCUT2D eigenvalue weighted by Crippen LogP contribution is 2.10. The van der Waals surface area contributed by atoms with Gasteiger partial charge >= 0.3 is 0 Å². The number of hydrogen-bond donors (Lipinski definition) is 1. The number of phenols is 1. The maximum absolute atomic E-state index is 8.94. The average Bonchev–Trinajstić information content (AvgIpc) is 3.17. The molecule has 0 atom stereocenters. The fourth-order valence-electron chi connectivity index (χ4n) is 2.07. The number of hydrogen-bond acceptors (Lipinski definition) is 3. The van der Waals surface area contributed by atoms with Crippen LogP contribution in [0.5, 0.6) is 5.75 Å². The number of aromatic nitrogens is 1. The van der Waals surface area contributed by atoms with Gasteiger partial charge < -0.3 is 9.52 Å². The van der Waals surface area contributed by atoms with Crippen molar-refractivity contribution < 1.29 is 9.52 Å². The van der Waals surface area contributed by atoms with Gasteiger partial charge in [0.2, 0.25) is 5.89 Å². The maximum atomic E-state index is 8.94. The van der Waals surface area contributed by atoms with Crippen molar-refractivity contribution in [2.24, 2.45) is 0 Å². The molecule has 0 bridgehead atoms. The minimum absolute atomic E-state index is 0.356. The summed E-state index contributed by atoms with van der Waals surface area (Å²) in [6.45, 7) is 8.12. The molecule has 1 aromatic heterocycles.